The molecule has 0 bridgehead atoms. The number of nitrogens with two attached hydrogens (primary N) is 1. The zero-order chi connectivity index (χ0) is 15.1. The molecule has 1 aromatic heterocycles. The topological polar surface area (TPSA) is 91.2 Å². The molecule has 1 fully saturated rings. The number of hydrogen-bond donors (Lipinski definition) is 1. The molecule has 21 heavy (non-hydrogen) atoms. The fourth-order valence-electron chi connectivity index (χ4n) is 2.76. The zero-order valence-corrected chi connectivity index (χ0v) is 12.8. The number of ether oxygens (including phenoxy) is 1. The van der Waals surface area contributed by atoms with E-state index in [2.05, 4.69) is 10.1 Å². The Hall–Kier alpha value is -1.43. The summed E-state index contributed by atoms with van der Waals surface area (Å²) in [5.41, 5.74) is 6.01. The molecule has 0 unspecified atom stereocenters. The van der Waals surface area contributed by atoms with Crippen LogP contribution in [0.25, 0.3) is 0 Å². The van der Waals surface area contributed by atoms with Gasteiger partial charge in [0.2, 0.25) is 5.89 Å². The average molecular weight is 295 g/mol. The van der Waals surface area contributed by atoms with Crippen LogP contribution in [0.3, 0.4) is 0 Å². The van der Waals surface area contributed by atoms with Crippen LogP contribution in [0, 0.1) is 0 Å². The number of rotatable bonds is 5. The van der Waals surface area contributed by atoms with E-state index < -0.39 is 5.54 Å². The van der Waals surface area contributed by atoms with Crippen molar-refractivity contribution in [3.8, 4) is 0 Å². The van der Waals surface area contributed by atoms with Crippen molar-refractivity contribution in [2.75, 3.05) is 6.61 Å². The summed E-state index contributed by atoms with van der Waals surface area (Å²) in [7, 11) is 0. The summed E-state index contributed by atoms with van der Waals surface area (Å²) in [4.78, 5) is 15.7. The highest BCUT2D eigenvalue weighted by Crippen LogP contribution is 2.31. The first kappa shape index (κ1) is 15.9. The van der Waals surface area contributed by atoms with E-state index in [0.29, 0.717) is 24.7 Å². The van der Waals surface area contributed by atoms with Crippen LogP contribution in [-0.4, -0.2) is 22.7 Å². The molecule has 0 aliphatic heterocycles. The first-order valence-electron chi connectivity index (χ1n) is 7.91. The van der Waals surface area contributed by atoms with Crippen LogP contribution in [0.2, 0.25) is 0 Å². The van der Waals surface area contributed by atoms with E-state index in [1.165, 1.54) is 19.3 Å². The smallest absolute Gasteiger partial charge is 0.306 e. The summed E-state index contributed by atoms with van der Waals surface area (Å²) < 4.78 is 10.1. The molecule has 0 radical (unpaired) electrons. The van der Waals surface area contributed by atoms with Gasteiger partial charge in [0.25, 0.3) is 0 Å². The second-order valence-corrected chi connectivity index (χ2v) is 5.74. The Morgan fingerprint density at radius 1 is 1.29 bits per heavy atom. The van der Waals surface area contributed by atoms with Gasteiger partial charge in [-0.3, -0.25) is 4.79 Å². The van der Waals surface area contributed by atoms with Gasteiger partial charge in [-0.2, -0.15) is 4.98 Å². The molecule has 1 aliphatic carbocycles. The summed E-state index contributed by atoms with van der Waals surface area (Å²) in [6.07, 6.45) is 8.36. The molecule has 2 rings (SSSR count). The maximum Gasteiger partial charge on any atom is 0.306 e. The lowest BCUT2D eigenvalue weighted by atomic mass is 9.84. The van der Waals surface area contributed by atoms with E-state index in [-0.39, 0.29) is 12.4 Å². The Labute approximate surface area is 125 Å². The van der Waals surface area contributed by atoms with Gasteiger partial charge in [-0.15, -0.1) is 0 Å². The predicted octanol–water partition coefficient (Wildman–Crippen LogP) is 2.46. The summed E-state index contributed by atoms with van der Waals surface area (Å²) >= 11 is 0. The number of aryl methyl sites for hydroxylation is 1. The van der Waals surface area contributed by atoms with Gasteiger partial charge in [-0.25, -0.2) is 0 Å². The molecule has 0 aromatic carbocycles. The van der Waals surface area contributed by atoms with Crippen molar-refractivity contribution in [3.63, 3.8) is 0 Å². The highest BCUT2D eigenvalue weighted by atomic mass is 16.5. The van der Waals surface area contributed by atoms with Crippen molar-refractivity contribution in [3.05, 3.63) is 11.7 Å². The molecule has 6 heteroatoms. The van der Waals surface area contributed by atoms with E-state index in [0.717, 1.165) is 25.7 Å². The van der Waals surface area contributed by atoms with Crippen LogP contribution in [0.1, 0.15) is 70.0 Å². The molecule has 1 saturated carbocycles. The lowest BCUT2D eigenvalue weighted by Gasteiger charge is -2.27. The number of hydrogen-bond acceptors (Lipinski definition) is 6. The van der Waals surface area contributed by atoms with Crippen LogP contribution in [0.4, 0.5) is 0 Å². The van der Waals surface area contributed by atoms with E-state index in [4.69, 9.17) is 15.0 Å². The number of carbonyl (C=O) groups excluding carboxylic acids is 1. The maximum atomic E-state index is 11.3. The molecular weight excluding hydrogens is 270 g/mol. The highest BCUT2D eigenvalue weighted by Gasteiger charge is 2.32. The SMILES string of the molecule is CCOC(=O)CCc1nc(C2(N)CCCCCCC2)no1. The lowest BCUT2D eigenvalue weighted by Crippen LogP contribution is -2.38. The third-order valence-electron chi connectivity index (χ3n) is 4.01. The van der Waals surface area contributed by atoms with Crippen molar-refractivity contribution in [1.82, 2.24) is 10.1 Å². The van der Waals surface area contributed by atoms with E-state index >= 15 is 0 Å². The number of aromatic nitrogens is 2. The van der Waals surface area contributed by atoms with Crippen LogP contribution >= 0.6 is 0 Å². The third kappa shape index (κ3) is 4.52. The summed E-state index contributed by atoms with van der Waals surface area (Å²) in [5, 5.41) is 4.04. The molecule has 2 N–H and O–H groups in total. The van der Waals surface area contributed by atoms with Gasteiger partial charge in [0.1, 0.15) is 0 Å². The minimum Gasteiger partial charge on any atom is -0.466 e. The first-order chi connectivity index (χ1) is 10.1. The predicted molar refractivity (Wildman–Crippen MR) is 77.4 cm³/mol. The van der Waals surface area contributed by atoms with Crippen molar-refractivity contribution in [2.24, 2.45) is 5.73 Å². The standard InChI is InChI=1S/C15H25N3O3/c1-2-20-13(19)9-8-12-17-14(18-21-12)15(16)10-6-4-3-5-7-11-15/h2-11,16H2,1H3. The average Bonchev–Trinajstić information content (AvgIpc) is 2.91. The van der Waals surface area contributed by atoms with Gasteiger partial charge in [-0.1, -0.05) is 37.3 Å². The first-order valence-corrected chi connectivity index (χ1v) is 7.91. The van der Waals surface area contributed by atoms with E-state index in [1.54, 1.807) is 6.92 Å². The summed E-state index contributed by atoms with van der Waals surface area (Å²) in [6, 6.07) is 0. The molecule has 6 nitrogen and oxygen atoms in total. The second-order valence-electron chi connectivity index (χ2n) is 5.74. The van der Waals surface area contributed by atoms with Crippen molar-refractivity contribution in [1.29, 1.82) is 0 Å². The Bertz CT molecular complexity index is 451. The van der Waals surface area contributed by atoms with Gasteiger partial charge in [0.15, 0.2) is 5.82 Å². The molecule has 0 atom stereocenters. The van der Waals surface area contributed by atoms with E-state index in [1.807, 2.05) is 0 Å². The van der Waals surface area contributed by atoms with Gasteiger partial charge >= 0.3 is 5.97 Å². The Morgan fingerprint density at radius 2 is 1.95 bits per heavy atom. The number of nitrogens with zero attached hydrogens (tertiary/aromatic N) is 2. The lowest BCUT2D eigenvalue weighted by molar-refractivity contribution is -0.143. The monoisotopic (exact) mass is 295 g/mol. The number of esters is 1. The van der Waals surface area contributed by atoms with Gasteiger partial charge < -0.3 is 15.0 Å². The van der Waals surface area contributed by atoms with Crippen LogP contribution in [0.5, 0.6) is 0 Å². The van der Waals surface area contributed by atoms with E-state index in [9.17, 15) is 4.79 Å². The largest absolute Gasteiger partial charge is 0.466 e. The second kappa shape index (κ2) is 7.54. The fraction of sp³-hybridized carbons (Fsp3) is 0.800. The molecule has 0 spiro atoms. The minimum atomic E-state index is -0.480. The fourth-order valence-corrected chi connectivity index (χ4v) is 2.76. The quantitative estimate of drug-likeness (QED) is 0.839. The molecule has 1 aromatic rings. The summed E-state index contributed by atoms with van der Waals surface area (Å²) in [6.45, 7) is 2.18. The summed E-state index contributed by atoms with van der Waals surface area (Å²) in [5.74, 6) is 0.805. The molecule has 1 aliphatic rings. The Kier molecular flexibility index (Phi) is 5.73. The molecule has 0 saturated heterocycles. The van der Waals surface area contributed by atoms with Crippen LogP contribution < -0.4 is 5.73 Å². The van der Waals surface area contributed by atoms with Gasteiger partial charge in [0.05, 0.1) is 18.6 Å². The van der Waals surface area contributed by atoms with Crippen molar-refractivity contribution >= 4 is 5.97 Å². The van der Waals surface area contributed by atoms with Crippen LogP contribution in [-0.2, 0) is 21.5 Å². The highest BCUT2D eigenvalue weighted by molar-refractivity contribution is 5.69. The molecule has 118 valence electrons. The Balaban J connectivity index is 1.95. The van der Waals surface area contributed by atoms with Crippen LogP contribution in [0.15, 0.2) is 4.52 Å². The van der Waals surface area contributed by atoms with Crippen molar-refractivity contribution in [2.45, 2.75) is 70.3 Å². The van der Waals surface area contributed by atoms with Gasteiger partial charge in [-0.05, 0) is 19.8 Å². The van der Waals surface area contributed by atoms with Gasteiger partial charge in [0, 0.05) is 6.42 Å². The molecule has 0 amide bonds. The zero-order valence-electron chi connectivity index (χ0n) is 12.8. The molecular formula is C15H25N3O3. The normalized spacial score (nSPS) is 18.8. The minimum absolute atomic E-state index is 0.245. The number of carbonyl (C=O) groups is 1. The molecule has 1 heterocycles. The maximum absolute atomic E-state index is 11.3. The third-order valence-corrected chi connectivity index (χ3v) is 4.01. The van der Waals surface area contributed by atoms with Crippen molar-refractivity contribution < 1.29 is 14.1 Å². The Morgan fingerprint density at radius 3 is 2.62 bits per heavy atom.